The monoisotopic (exact) mass is 303 g/mol. The lowest BCUT2D eigenvalue weighted by Gasteiger charge is -2.25. The molecule has 1 aliphatic rings. The van der Waals surface area contributed by atoms with E-state index in [1.54, 1.807) is 0 Å². The molecule has 0 aromatic rings. The zero-order valence-corrected chi connectivity index (χ0v) is 14.3. The molecule has 0 spiro atoms. The van der Waals surface area contributed by atoms with Crippen molar-refractivity contribution in [1.82, 2.24) is 4.90 Å². The smallest absolute Gasteiger partial charge is 0.137 e. The van der Waals surface area contributed by atoms with E-state index in [-0.39, 0.29) is 12.4 Å². The fourth-order valence-electron chi connectivity index (χ4n) is 3.10. The van der Waals surface area contributed by atoms with Gasteiger partial charge in [-0.3, -0.25) is 4.79 Å². The van der Waals surface area contributed by atoms with Crippen molar-refractivity contribution in [3.63, 3.8) is 0 Å². The third kappa shape index (κ3) is 8.26. The minimum atomic E-state index is 0. The second kappa shape index (κ2) is 12.6. The summed E-state index contributed by atoms with van der Waals surface area (Å²) in [5, 5.41) is 0. The summed E-state index contributed by atoms with van der Waals surface area (Å²) < 4.78 is 0. The number of carbonyl (C=O) groups excluding carboxylic acids is 1. The van der Waals surface area contributed by atoms with Gasteiger partial charge in [0.05, 0.1) is 0 Å². The number of halogens is 1. The van der Waals surface area contributed by atoms with Crippen LogP contribution in [0.3, 0.4) is 0 Å². The number of rotatable bonds is 4. The quantitative estimate of drug-likeness (QED) is 0.740. The molecule has 3 heteroatoms. The van der Waals surface area contributed by atoms with Crippen molar-refractivity contribution in [1.29, 1.82) is 0 Å². The Labute approximate surface area is 132 Å². The molecule has 120 valence electrons. The maximum atomic E-state index is 12.4. The fraction of sp³-hybridized carbons (Fsp3) is 0.941. The number of nitrogens with zero attached hydrogens (tertiary/aromatic N) is 1. The van der Waals surface area contributed by atoms with Crippen molar-refractivity contribution >= 4 is 18.2 Å². The van der Waals surface area contributed by atoms with Crippen LogP contribution in [0.25, 0.3) is 0 Å². The van der Waals surface area contributed by atoms with Crippen molar-refractivity contribution in [2.75, 3.05) is 19.6 Å². The van der Waals surface area contributed by atoms with Gasteiger partial charge in [0.2, 0.25) is 0 Å². The Morgan fingerprint density at radius 3 is 1.95 bits per heavy atom. The molecule has 1 atom stereocenters. The van der Waals surface area contributed by atoms with Crippen molar-refractivity contribution in [2.24, 2.45) is 5.92 Å². The van der Waals surface area contributed by atoms with Crippen LogP contribution >= 0.6 is 12.4 Å². The Morgan fingerprint density at radius 1 is 0.900 bits per heavy atom. The Hall–Kier alpha value is -0.0800. The van der Waals surface area contributed by atoms with E-state index in [0.717, 1.165) is 38.9 Å². The molecule has 0 aromatic heterocycles. The van der Waals surface area contributed by atoms with Crippen LogP contribution in [0.15, 0.2) is 0 Å². The largest absolute Gasteiger partial charge is 0.303 e. The number of hydrogen-bond acceptors (Lipinski definition) is 2. The standard InChI is InChI=1S/C17H33NO.ClH/c1-3-18(4-2)15-16-13-11-9-7-5-6-8-10-12-14-17(16)19;/h16H,3-15H2,1-2H3;1H. The van der Waals surface area contributed by atoms with Gasteiger partial charge < -0.3 is 4.90 Å². The minimum absolute atomic E-state index is 0. The van der Waals surface area contributed by atoms with Gasteiger partial charge in [0, 0.05) is 18.9 Å². The van der Waals surface area contributed by atoms with Gasteiger partial charge >= 0.3 is 0 Å². The summed E-state index contributed by atoms with van der Waals surface area (Å²) in [5.41, 5.74) is 0. The lowest BCUT2D eigenvalue weighted by atomic mass is 9.91. The topological polar surface area (TPSA) is 20.3 Å². The first-order valence-electron chi connectivity index (χ1n) is 8.53. The van der Waals surface area contributed by atoms with Crippen molar-refractivity contribution < 1.29 is 4.79 Å². The van der Waals surface area contributed by atoms with Crippen LogP contribution in [0.5, 0.6) is 0 Å². The first kappa shape index (κ1) is 19.9. The zero-order valence-electron chi connectivity index (χ0n) is 13.5. The van der Waals surface area contributed by atoms with Gasteiger partial charge in [0.15, 0.2) is 0 Å². The summed E-state index contributed by atoms with van der Waals surface area (Å²) in [6.07, 6.45) is 12.4. The average molecular weight is 304 g/mol. The van der Waals surface area contributed by atoms with Crippen molar-refractivity contribution in [2.45, 2.75) is 78.1 Å². The predicted molar refractivity (Wildman–Crippen MR) is 89.7 cm³/mol. The van der Waals surface area contributed by atoms with Crippen LogP contribution in [0.2, 0.25) is 0 Å². The SMILES string of the molecule is CCN(CC)CC1CCCCCCCCCCC1=O.Cl. The third-order valence-corrected chi connectivity index (χ3v) is 4.55. The van der Waals surface area contributed by atoms with Crippen LogP contribution in [0.1, 0.15) is 78.1 Å². The summed E-state index contributed by atoms with van der Waals surface area (Å²) in [6.45, 7) is 7.53. The van der Waals surface area contributed by atoms with Gasteiger partial charge in [0.1, 0.15) is 5.78 Å². The van der Waals surface area contributed by atoms with Crippen LogP contribution in [-0.2, 0) is 4.79 Å². The highest BCUT2D eigenvalue weighted by Gasteiger charge is 2.20. The van der Waals surface area contributed by atoms with E-state index in [9.17, 15) is 4.79 Å². The van der Waals surface area contributed by atoms with Crippen LogP contribution in [0, 0.1) is 5.92 Å². The molecule has 0 amide bonds. The molecule has 1 aliphatic carbocycles. The highest BCUT2D eigenvalue weighted by molar-refractivity contribution is 5.85. The van der Waals surface area contributed by atoms with Crippen molar-refractivity contribution in [3.05, 3.63) is 0 Å². The van der Waals surface area contributed by atoms with E-state index in [2.05, 4.69) is 18.7 Å². The lowest BCUT2D eigenvalue weighted by molar-refractivity contribution is -0.123. The number of hydrogen-bond donors (Lipinski definition) is 0. The molecule has 1 rings (SSSR count). The van der Waals surface area contributed by atoms with Crippen LogP contribution in [0.4, 0.5) is 0 Å². The van der Waals surface area contributed by atoms with E-state index in [1.807, 2.05) is 0 Å². The molecular formula is C17H34ClNO. The van der Waals surface area contributed by atoms with Crippen LogP contribution in [-0.4, -0.2) is 30.3 Å². The Kier molecular flexibility index (Phi) is 12.6. The normalized spacial score (nSPS) is 22.8. The van der Waals surface area contributed by atoms with Gasteiger partial charge in [-0.05, 0) is 25.9 Å². The molecule has 0 bridgehead atoms. The second-order valence-electron chi connectivity index (χ2n) is 6.02. The second-order valence-corrected chi connectivity index (χ2v) is 6.02. The first-order chi connectivity index (χ1) is 9.27. The highest BCUT2D eigenvalue weighted by atomic mass is 35.5. The molecule has 0 aromatic carbocycles. The maximum Gasteiger partial charge on any atom is 0.137 e. The molecule has 0 N–H and O–H groups in total. The van der Waals surface area contributed by atoms with Gasteiger partial charge in [-0.25, -0.2) is 0 Å². The summed E-state index contributed by atoms with van der Waals surface area (Å²) >= 11 is 0. The zero-order chi connectivity index (χ0) is 13.9. The van der Waals surface area contributed by atoms with Gasteiger partial charge in [-0.1, -0.05) is 58.8 Å². The van der Waals surface area contributed by atoms with E-state index < -0.39 is 0 Å². The fourth-order valence-corrected chi connectivity index (χ4v) is 3.10. The number of Topliss-reactive ketones (excluding diaryl/α,β-unsaturated/α-hetero) is 1. The van der Waals surface area contributed by atoms with Gasteiger partial charge in [0.25, 0.3) is 0 Å². The third-order valence-electron chi connectivity index (χ3n) is 4.55. The number of ketones is 1. The van der Waals surface area contributed by atoms with Gasteiger partial charge in [-0.2, -0.15) is 0 Å². The predicted octanol–water partition coefficient (Wildman–Crippen LogP) is 4.85. The molecule has 2 nitrogen and oxygen atoms in total. The molecule has 1 saturated carbocycles. The van der Waals surface area contributed by atoms with Crippen LogP contribution < -0.4 is 0 Å². The molecule has 0 aliphatic heterocycles. The average Bonchev–Trinajstić information content (AvgIpc) is 2.42. The minimum Gasteiger partial charge on any atom is -0.303 e. The van der Waals surface area contributed by atoms with Gasteiger partial charge in [-0.15, -0.1) is 12.4 Å². The molecule has 0 saturated heterocycles. The maximum absolute atomic E-state index is 12.4. The van der Waals surface area contributed by atoms with E-state index in [1.165, 1.54) is 44.9 Å². The summed E-state index contributed by atoms with van der Waals surface area (Å²) in [7, 11) is 0. The lowest BCUT2D eigenvalue weighted by Crippen LogP contribution is -2.33. The molecular weight excluding hydrogens is 270 g/mol. The first-order valence-corrected chi connectivity index (χ1v) is 8.53. The summed E-state index contributed by atoms with van der Waals surface area (Å²) in [4.78, 5) is 14.8. The summed E-state index contributed by atoms with van der Waals surface area (Å²) in [6, 6.07) is 0. The summed E-state index contributed by atoms with van der Waals surface area (Å²) in [5.74, 6) is 0.840. The Balaban J connectivity index is 0.00000361. The van der Waals surface area contributed by atoms with E-state index in [0.29, 0.717) is 11.7 Å². The molecule has 0 heterocycles. The van der Waals surface area contributed by atoms with E-state index in [4.69, 9.17) is 0 Å². The Morgan fingerprint density at radius 2 is 1.40 bits per heavy atom. The molecule has 20 heavy (non-hydrogen) atoms. The molecule has 1 fully saturated rings. The Bertz CT molecular complexity index is 241. The molecule has 0 radical (unpaired) electrons. The number of carbonyl (C=O) groups is 1. The molecule has 1 unspecified atom stereocenters. The highest BCUT2D eigenvalue weighted by Crippen LogP contribution is 2.19. The van der Waals surface area contributed by atoms with Crippen molar-refractivity contribution in [3.8, 4) is 0 Å². The van der Waals surface area contributed by atoms with E-state index >= 15 is 0 Å².